The Morgan fingerprint density at radius 1 is 1.22 bits per heavy atom. The molecule has 1 rings (SSSR count). The minimum absolute atomic E-state index is 0.0124. The van der Waals surface area contributed by atoms with Gasteiger partial charge >= 0.3 is 12.4 Å². The van der Waals surface area contributed by atoms with E-state index in [1.165, 1.54) is 14.0 Å². The molecule has 1 N–H and O–H groups in total. The minimum Gasteiger partial charge on any atom is -0.313 e. The van der Waals surface area contributed by atoms with Crippen LogP contribution in [0.2, 0.25) is 0 Å². The number of nitrogens with one attached hydrogen (secondary N) is 1. The van der Waals surface area contributed by atoms with Gasteiger partial charge in [0.2, 0.25) is 0 Å². The van der Waals surface area contributed by atoms with Gasteiger partial charge in [-0.25, -0.2) is 0 Å². The van der Waals surface area contributed by atoms with E-state index in [1.807, 2.05) is 0 Å². The second-order valence-electron chi connectivity index (χ2n) is 4.20. The fourth-order valence-electron chi connectivity index (χ4n) is 1.68. The summed E-state index contributed by atoms with van der Waals surface area (Å²) in [5.41, 5.74) is -1.12. The molecule has 2 unspecified atom stereocenters. The molecule has 0 saturated carbocycles. The summed E-state index contributed by atoms with van der Waals surface area (Å²) in [4.78, 5) is 0. The Labute approximate surface area is 101 Å². The lowest BCUT2D eigenvalue weighted by Gasteiger charge is -2.27. The number of rotatable bonds is 2. The Morgan fingerprint density at radius 3 is 2.17 bits per heavy atom. The first-order valence-electron chi connectivity index (χ1n) is 5.29. The molecular formula is C11H13F6N. The fourth-order valence-corrected chi connectivity index (χ4v) is 1.68. The molecule has 104 valence electrons. The number of allylic oxidation sites excluding steroid dienone is 2. The third-order valence-electron chi connectivity index (χ3n) is 2.89. The molecule has 0 aromatic carbocycles. The normalized spacial score (nSPS) is 23.4. The molecule has 0 amide bonds. The highest BCUT2D eigenvalue weighted by molar-refractivity contribution is 5.35. The zero-order valence-electron chi connectivity index (χ0n) is 9.78. The summed E-state index contributed by atoms with van der Waals surface area (Å²) in [5, 5.41) is 2.63. The van der Waals surface area contributed by atoms with Crippen molar-refractivity contribution in [2.45, 2.75) is 31.7 Å². The monoisotopic (exact) mass is 273 g/mol. The lowest BCUT2D eigenvalue weighted by Crippen LogP contribution is -2.31. The number of alkyl halides is 6. The number of likely N-dealkylation sites (N-methyl/N-ethyl adjacent to an activating group) is 1. The minimum atomic E-state index is -4.73. The van der Waals surface area contributed by atoms with Crippen LogP contribution >= 0.6 is 0 Å². The standard InChI is InChI=1S/C11H13F6N/c1-6(18-2)7-3-8(10(12,13)14)5-9(4-7)11(15,16)17/h3-4,6,8,18H,5H2,1-2H3. The van der Waals surface area contributed by atoms with E-state index in [0.29, 0.717) is 0 Å². The summed E-state index contributed by atoms with van der Waals surface area (Å²) >= 11 is 0. The van der Waals surface area contributed by atoms with Gasteiger partial charge in [0.1, 0.15) is 0 Å². The Morgan fingerprint density at radius 2 is 1.78 bits per heavy atom. The smallest absolute Gasteiger partial charge is 0.313 e. The second kappa shape index (κ2) is 4.95. The van der Waals surface area contributed by atoms with Gasteiger partial charge in [-0.1, -0.05) is 6.08 Å². The molecule has 0 heterocycles. The van der Waals surface area contributed by atoms with Gasteiger partial charge in [0, 0.05) is 11.6 Å². The summed E-state index contributed by atoms with van der Waals surface area (Å²) in [7, 11) is 1.48. The predicted octanol–water partition coefficient (Wildman–Crippen LogP) is 3.59. The fraction of sp³-hybridized carbons (Fsp3) is 0.636. The van der Waals surface area contributed by atoms with Crippen molar-refractivity contribution in [3.63, 3.8) is 0 Å². The van der Waals surface area contributed by atoms with Gasteiger partial charge in [-0.05, 0) is 32.0 Å². The average Bonchev–Trinajstić information content (AvgIpc) is 2.25. The number of hydrogen-bond acceptors (Lipinski definition) is 1. The van der Waals surface area contributed by atoms with Crippen LogP contribution in [-0.4, -0.2) is 25.4 Å². The highest BCUT2D eigenvalue weighted by atomic mass is 19.4. The van der Waals surface area contributed by atoms with Crippen molar-refractivity contribution < 1.29 is 26.3 Å². The zero-order valence-corrected chi connectivity index (χ0v) is 9.78. The van der Waals surface area contributed by atoms with Crippen LogP contribution in [0.3, 0.4) is 0 Å². The average molecular weight is 273 g/mol. The zero-order chi connectivity index (χ0) is 14.1. The summed E-state index contributed by atoms with van der Waals surface area (Å²) in [6.07, 6.45) is -8.79. The topological polar surface area (TPSA) is 12.0 Å². The van der Waals surface area contributed by atoms with E-state index in [9.17, 15) is 26.3 Å². The molecule has 0 fully saturated rings. The van der Waals surface area contributed by atoms with E-state index in [1.54, 1.807) is 0 Å². The molecular weight excluding hydrogens is 260 g/mol. The van der Waals surface area contributed by atoms with Crippen molar-refractivity contribution >= 4 is 0 Å². The second-order valence-corrected chi connectivity index (χ2v) is 4.20. The molecule has 0 aromatic rings. The molecule has 1 nitrogen and oxygen atoms in total. The summed E-state index contributed by atoms with van der Waals surface area (Å²) in [5.74, 6) is -2.08. The van der Waals surface area contributed by atoms with Gasteiger partial charge < -0.3 is 5.32 Å². The first-order chi connectivity index (χ1) is 8.05. The largest absolute Gasteiger partial charge is 0.412 e. The van der Waals surface area contributed by atoms with Gasteiger partial charge in [0.25, 0.3) is 0 Å². The molecule has 2 atom stereocenters. The van der Waals surface area contributed by atoms with Crippen LogP contribution in [0, 0.1) is 5.92 Å². The lowest BCUT2D eigenvalue weighted by molar-refractivity contribution is -0.166. The molecule has 1 aliphatic carbocycles. The van der Waals surface area contributed by atoms with E-state index in [0.717, 1.165) is 12.2 Å². The van der Waals surface area contributed by atoms with Crippen LogP contribution in [0.4, 0.5) is 26.3 Å². The van der Waals surface area contributed by atoms with E-state index >= 15 is 0 Å². The van der Waals surface area contributed by atoms with E-state index < -0.39 is 36.3 Å². The van der Waals surface area contributed by atoms with Crippen LogP contribution in [0.1, 0.15) is 13.3 Å². The molecule has 18 heavy (non-hydrogen) atoms. The Kier molecular flexibility index (Phi) is 4.15. The third kappa shape index (κ3) is 3.51. The molecule has 0 saturated heterocycles. The van der Waals surface area contributed by atoms with E-state index in [2.05, 4.69) is 5.32 Å². The molecule has 7 heteroatoms. The van der Waals surface area contributed by atoms with Crippen LogP contribution in [-0.2, 0) is 0 Å². The van der Waals surface area contributed by atoms with Gasteiger partial charge in [-0.15, -0.1) is 0 Å². The lowest BCUT2D eigenvalue weighted by atomic mass is 9.87. The summed E-state index contributed by atoms with van der Waals surface area (Å²) in [6.45, 7) is 1.51. The maximum absolute atomic E-state index is 12.6. The highest BCUT2D eigenvalue weighted by Crippen LogP contribution is 2.41. The summed E-state index contributed by atoms with van der Waals surface area (Å²) < 4.78 is 75.4. The van der Waals surface area contributed by atoms with Gasteiger partial charge in [-0.2, -0.15) is 26.3 Å². The van der Waals surface area contributed by atoms with Crippen molar-refractivity contribution in [1.82, 2.24) is 5.32 Å². The first-order valence-corrected chi connectivity index (χ1v) is 5.29. The van der Waals surface area contributed by atoms with Crippen LogP contribution < -0.4 is 5.32 Å². The number of hydrogen-bond donors (Lipinski definition) is 1. The van der Waals surface area contributed by atoms with E-state index in [4.69, 9.17) is 0 Å². The van der Waals surface area contributed by atoms with Gasteiger partial charge in [0.05, 0.1) is 5.92 Å². The molecule has 0 radical (unpaired) electrons. The van der Waals surface area contributed by atoms with Crippen molar-refractivity contribution in [2.75, 3.05) is 7.05 Å². The van der Waals surface area contributed by atoms with Crippen molar-refractivity contribution in [1.29, 1.82) is 0 Å². The highest BCUT2D eigenvalue weighted by Gasteiger charge is 2.45. The predicted molar refractivity (Wildman–Crippen MR) is 54.9 cm³/mol. The molecule has 0 bridgehead atoms. The maximum atomic E-state index is 12.6. The molecule has 0 aliphatic heterocycles. The number of halogens is 6. The van der Waals surface area contributed by atoms with Crippen LogP contribution in [0.15, 0.2) is 23.3 Å². The molecule has 0 spiro atoms. The first kappa shape index (κ1) is 15.1. The van der Waals surface area contributed by atoms with Crippen molar-refractivity contribution in [2.24, 2.45) is 5.92 Å². The van der Waals surface area contributed by atoms with E-state index in [-0.39, 0.29) is 5.57 Å². The van der Waals surface area contributed by atoms with Gasteiger partial charge in [-0.3, -0.25) is 0 Å². The Bertz CT molecular complexity index is 363. The molecule has 0 aromatic heterocycles. The SMILES string of the molecule is CNC(C)C1=CC(C(F)(F)F)CC(C(F)(F)F)=C1. The van der Waals surface area contributed by atoms with Crippen molar-refractivity contribution in [3.05, 3.63) is 23.3 Å². The molecule has 1 aliphatic rings. The summed E-state index contributed by atoms with van der Waals surface area (Å²) in [6, 6.07) is -0.562. The van der Waals surface area contributed by atoms with Gasteiger partial charge in [0.15, 0.2) is 0 Å². The quantitative estimate of drug-likeness (QED) is 0.758. The van der Waals surface area contributed by atoms with Crippen LogP contribution in [0.5, 0.6) is 0 Å². The van der Waals surface area contributed by atoms with Crippen molar-refractivity contribution in [3.8, 4) is 0 Å². The Balaban J connectivity index is 3.12. The Hall–Kier alpha value is -0.980. The van der Waals surface area contributed by atoms with Crippen LogP contribution in [0.25, 0.3) is 0 Å². The third-order valence-corrected chi connectivity index (χ3v) is 2.89. The maximum Gasteiger partial charge on any atom is 0.412 e.